The molecule has 0 aliphatic carbocycles. The molecule has 0 atom stereocenters. The van der Waals surface area contributed by atoms with Crippen LogP contribution in [0.2, 0.25) is 5.02 Å². The molecule has 0 saturated carbocycles. The van der Waals surface area contributed by atoms with Crippen molar-refractivity contribution in [1.29, 1.82) is 0 Å². The molecule has 0 amide bonds. The zero-order valence-corrected chi connectivity index (χ0v) is 6.30. The highest BCUT2D eigenvalue weighted by Crippen LogP contribution is 2.10. The van der Waals surface area contributed by atoms with Gasteiger partial charge in [0.1, 0.15) is 0 Å². The normalized spacial score (nSPS) is 9.80. The Bertz CT molecular complexity index is 210. The number of benzene rings is 1. The Hall–Kier alpha value is -0.530. The Balaban J connectivity index is 2.75. The molecule has 1 aromatic rings. The fourth-order valence-corrected chi connectivity index (χ4v) is 0.977. The van der Waals surface area contributed by atoms with Gasteiger partial charge in [-0.2, -0.15) is 0 Å². The number of nitrogens with zero attached hydrogens (tertiary/aromatic N) is 1. The van der Waals surface area contributed by atoms with Crippen LogP contribution in [-0.4, -0.2) is 0 Å². The summed E-state index contributed by atoms with van der Waals surface area (Å²) < 4.78 is 0. The van der Waals surface area contributed by atoms with E-state index < -0.39 is 0 Å². The molecule has 53 valence electrons. The van der Waals surface area contributed by atoms with Gasteiger partial charge in [0.25, 0.3) is 0 Å². The standard InChI is InChI=1S/C8H8ClN/c1-10-6-7-3-2-4-8(9)5-7/h2-5H,1,6H2/q-1. The molecule has 0 aliphatic heterocycles. The van der Waals surface area contributed by atoms with Crippen LogP contribution in [0.4, 0.5) is 0 Å². The van der Waals surface area contributed by atoms with Crippen molar-refractivity contribution in [2.75, 3.05) is 0 Å². The molecule has 0 aliphatic rings. The van der Waals surface area contributed by atoms with Gasteiger partial charge in [0, 0.05) is 11.6 Å². The third-order valence-electron chi connectivity index (χ3n) is 1.18. The summed E-state index contributed by atoms with van der Waals surface area (Å²) in [6.07, 6.45) is 0. The van der Waals surface area contributed by atoms with E-state index in [0.29, 0.717) is 6.54 Å². The van der Waals surface area contributed by atoms with Gasteiger partial charge in [-0.3, -0.25) is 7.05 Å². The zero-order chi connectivity index (χ0) is 7.40. The van der Waals surface area contributed by atoms with E-state index in [1.54, 1.807) is 0 Å². The summed E-state index contributed by atoms with van der Waals surface area (Å²) in [5.74, 6) is 0. The van der Waals surface area contributed by atoms with Gasteiger partial charge < -0.3 is 5.32 Å². The van der Waals surface area contributed by atoms with E-state index in [1.165, 1.54) is 0 Å². The van der Waals surface area contributed by atoms with Gasteiger partial charge in [-0.05, 0) is 17.7 Å². The number of hydrogen-bond donors (Lipinski definition) is 0. The molecule has 1 aromatic carbocycles. The molecule has 0 bridgehead atoms. The second kappa shape index (κ2) is 3.59. The number of halogens is 1. The van der Waals surface area contributed by atoms with E-state index >= 15 is 0 Å². The minimum Gasteiger partial charge on any atom is -0.420 e. The van der Waals surface area contributed by atoms with Crippen LogP contribution in [0.25, 0.3) is 0 Å². The Morgan fingerprint density at radius 2 is 2.30 bits per heavy atom. The van der Waals surface area contributed by atoms with Crippen LogP contribution in [0.1, 0.15) is 5.56 Å². The first-order valence-corrected chi connectivity index (χ1v) is 3.37. The van der Waals surface area contributed by atoms with Crippen molar-refractivity contribution in [2.45, 2.75) is 6.54 Å². The van der Waals surface area contributed by atoms with Crippen molar-refractivity contribution in [3.63, 3.8) is 0 Å². The summed E-state index contributed by atoms with van der Waals surface area (Å²) in [5, 5.41) is 4.49. The quantitative estimate of drug-likeness (QED) is 0.579. The van der Waals surface area contributed by atoms with E-state index in [0.717, 1.165) is 10.6 Å². The predicted molar refractivity (Wildman–Crippen MR) is 42.6 cm³/mol. The van der Waals surface area contributed by atoms with Crippen LogP contribution >= 0.6 is 11.6 Å². The Kier molecular flexibility index (Phi) is 2.72. The van der Waals surface area contributed by atoms with Crippen LogP contribution in [0, 0.1) is 7.05 Å². The predicted octanol–water partition coefficient (Wildman–Crippen LogP) is 2.24. The van der Waals surface area contributed by atoms with Crippen molar-refractivity contribution >= 4 is 11.6 Å². The maximum Gasteiger partial charge on any atom is 0.0409 e. The van der Waals surface area contributed by atoms with Crippen molar-refractivity contribution < 1.29 is 0 Å². The van der Waals surface area contributed by atoms with Gasteiger partial charge in [0.15, 0.2) is 0 Å². The van der Waals surface area contributed by atoms with E-state index in [1.807, 2.05) is 24.3 Å². The highest BCUT2D eigenvalue weighted by atomic mass is 35.5. The first kappa shape index (κ1) is 7.58. The summed E-state index contributed by atoms with van der Waals surface area (Å²) in [6.45, 7) is 0.639. The average Bonchev–Trinajstić information content (AvgIpc) is 1.88. The number of rotatable bonds is 2. The van der Waals surface area contributed by atoms with Crippen LogP contribution < -0.4 is 5.32 Å². The fraction of sp³-hybridized carbons (Fsp3) is 0.125. The summed E-state index contributed by atoms with van der Waals surface area (Å²) in [4.78, 5) is 0. The molecule has 10 heavy (non-hydrogen) atoms. The highest BCUT2D eigenvalue weighted by molar-refractivity contribution is 6.30. The average molecular weight is 154 g/mol. The largest absolute Gasteiger partial charge is 0.420 e. The maximum atomic E-state index is 5.72. The summed E-state index contributed by atoms with van der Waals surface area (Å²) in [7, 11) is 3.39. The molecule has 0 unspecified atom stereocenters. The minimum atomic E-state index is 0.639. The molecular formula is C8H8ClN-. The maximum absolute atomic E-state index is 5.72. The summed E-state index contributed by atoms with van der Waals surface area (Å²) in [6, 6.07) is 7.60. The molecule has 1 nitrogen and oxygen atoms in total. The summed E-state index contributed by atoms with van der Waals surface area (Å²) in [5.41, 5.74) is 1.10. The summed E-state index contributed by atoms with van der Waals surface area (Å²) >= 11 is 5.72. The second-order valence-electron chi connectivity index (χ2n) is 2.01. The lowest BCUT2D eigenvalue weighted by Gasteiger charge is -2.01. The molecule has 1 radical (unpaired) electrons. The molecule has 1 rings (SSSR count). The molecule has 0 N–H and O–H groups in total. The third-order valence-corrected chi connectivity index (χ3v) is 1.42. The molecule has 2 heteroatoms. The fourth-order valence-electron chi connectivity index (χ4n) is 0.764. The van der Waals surface area contributed by atoms with Gasteiger partial charge in [0.05, 0.1) is 0 Å². The first-order valence-electron chi connectivity index (χ1n) is 3.00. The molecule has 0 fully saturated rings. The lowest BCUT2D eigenvalue weighted by molar-refractivity contribution is 0.849. The van der Waals surface area contributed by atoms with E-state index in [4.69, 9.17) is 11.6 Å². The topological polar surface area (TPSA) is 14.1 Å². The minimum absolute atomic E-state index is 0.639. The molecule has 0 aromatic heterocycles. The van der Waals surface area contributed by atoms with Crippen molar-refractivity contribution in [1.82, 2.24) is 5.32 Å². The van der Waals surface area contributed by atoms with Crippen molar-refractivity contribution in [3.8, 4) is 0 Å². The van der Waals surface area contributed by atoms with Crippen molar-refractivity contribution in [2.24, 2.45) is 0 Å². The molecule has 0 saturated heterocycles. The van der Waals surface area contributed by atoms with Crippen LogP contribution in [-0.2, 0) is 6.54 Å². The Morgan fingerprint density at radius 3 is 2.90 bits per heavy atom. The van der Waals surface area contributed by atoms with Gasteiger partial charge in [0.2, 0.25) is 0 Å². The monoisotopic (exact) mass is 153 g/mol. The molecular weight excluding hydrogens is 146 g/mol. The Labute approximate surface area is 66.0 Å². The molecule has 0 heterocycles. The zero-order valence-electron chi connectivity index (χ0n) is 5.55. The first-order chi connectivity index (χ1) is 4.83. The van der Waals surface area contributed by atoms with Gasteiger partial charge >= 0.3 is 0 Å². The van der Waals surface area contributed by atoms with E-state index in [9.17, 15) is 0 Å². The van der Waals surface area contributed by atoms with Crippen LogP contribution in [0.5, 0.6) is 0 Å². The third kappa shape index (κ3) is 2.01. The van der Waals surface area contributed by atoms with Gasteiger partial charge in [-0.1, -0.05) is 23.7 Å². The van der Waals surface area contributed by atoms with Crippen LogP contribution in [0.3, 0.4) is 0 Å². The SMILES string of the molecule is [CH2-][N]Cc1cccc(Cl)c1. The number of hydrogen-bond acceptors (Lipinski definition) is 0. The highest BCUT2D eigenvalue weighted by Gasteiger charge is 1.88. The Morgan fingerprint density at radius 1 is 1.50 bits per heavy atom. The molecule has 0 spiro atoms. The van der Waals surface area contributed by atoms with Crippen LogP contribution in [0.15, 0.2) is 24.3 Å². The lowest BCUT2D eigenvalue weighted by Crippen LogP contribution is -1.93. The van der Waals surface area contributed by atoms with Gasteiger partial charge in [-0.25, -0.2) is 0 Å². The van der Waals surface area contributed by atoms with E-state index in [2.05, 4.69) is 12.4 Å². The van der Waals surface area contributed by atoms with E-state index in [-0.39, 0.29) is 0 Å². The van der Waals surface area contributed by atoms with Crippen molar-refractivity contribution in [3.05, 3.63) is 41.9 Å². The smallest absolute Gasteiger partial charge is 0.0409 e. The lowest BCUT2D eigenvalue weighted by atomic mass is 10.2. The van der Waals surface area contributed by atoms with Gasteiger partial charge in [-0.15, -0.1) is 0 Å². The second-order valence-corrected chi connectivity index (χ2v) is 2.45.